The Kier molecular flexibility index (Phi) is 1.19. The van der Waals surface area contributed by atoms with Crippen molar-refractivity contribution in [3.05, 3.63) is 17.7 Å². The van der Waals surface area contributed by atoms with Crippen LogP contribution in [0.5, 0.6) is 0 Å². The first kappa shape index (κ1) is 5.76. The third-order valence-electron chi connectivity index (χ3n) is 1.00. The molecule has 0 aliphatic rings. The second-order valence-corrected chi connectivity index (χ2v) is 1.58. The van der Waals surface area contributed by atoms with Crippen molar-refractivity contribution < 1.29 is 4.39 Å². The molecule has 0 saturated carbocycles. The highest BCUT2D eigenvalue weighted by atomic mass is 19.1. The molecule has 3 nitrogen and oxygen atoms in total. The molecule has 46 valence electrons. The molecule has 1 aromatic heterocycles. The Morgan fingerprint density at radius 1 is 1.89 bits per heavy atom. The van der Waals surface area contributed by atoms with Gasteiger partial charge in [-0.1, -0.05) is 0 Å². The Morgan fingerprint density at radius 2 is 2.56 bits per heavy atom. The van der Waals surface area contributed by atoms with E-state index in [0.29, 0.717) is 0 Å². The molecule has 0 amide bonds. The minimum Gasteiger partial charge on any atom is -0.255 e. The molecule has 0 unspecified atom stereocenters. The Balaban J connectivity index is 3.27. The van der Waals surface area contributed by atoms with Gasteiger partial charge >= 0.3 is 0 Å². The van der Waals surface area contributed by atoms with E-state index >= 15 is 0 Å². The maximum Gasteiger partial charge on any atom is 0.179 e. The topological polar surface area (TPSA) is 41.6 Å². The molecule has 0 N–H and O–H groups in total. The average molecular weight is 125 g/mol. The van der Waals surface area contributed by atoms with Crippen LogP contribution >= 0.6 is 0 Å². The maximum absolute atomic E-state index is 12.3. The summed E-state index contributed by atoms with van der Waals surface area (Å²) in [6.07, 6.45) is 1.01. The molecule has 9 heavy (non-hydrogen) atoms. The van der Waals surface area contributed by atoms with Crippen LogP contribution in [0.25, 0.3) is 0 Å². The van der Waals surface area contributed by atoms with Gasteiger partial charge in [0.25, 0.3) is 0 Å². The standard InChI is InChI=1S/C5H4FN3/c1-9-5(2-7)4(6)3-8-9/h3H,1H3. The molecule has 0 fully saturated rings. The summed E-state index contributed by atoms with van der Waals surface area (Å²) in [6.45, 7) is 0. The lowest BCUT2D eigenvalue weighted by atomic mass is 10.4. The summed E-state index contributed by atoms with van der Waals surface area (Å²) >= 11 is 0. The summed E-state index contributed by atoms with van der Waals surface area (Å²) in [4.78, 5) is 0. The Bertz CT molecular complexity index is 238. The van der Waals surface area contributed by atoms with Gasteiger partial charge in [-0.05, 0) is 0 Å². The van der Waals surface area contributed by atoms with Crippen molar-refractivity contribution in [3.63, 3.8) is 0 Å². The van der Waals surface area contributed by atoms with Gasteiger partial charge in [-0.2, -0.15) is 10.4 Å². The zero-order chi connectivity index (χ0) is 6.85. The van der Waals surface area contributed by atoms with Crippen LogP contribution in [-0.2, 0) is 7.05 Å². The van der Waals surface area contributed by atoms with Crippen LogP contribution in [-0.4, -0.2) is 9.78 Å². The van der Waals surface area contributed by atoms with E-state index in [-0.39, 0.29) is 5.69 Å². The van der Waals surface area contributed by atoms with Crippen LogP contribution in [0.1, 0.15) is 5.69 Å². The molecule has 1 rings (SSSR count). The molecule has 1 aromatic rings. The SMILES string of the molecule is Cn1ncc(F)c1C#N. The Labute approximate surface area is 51.3 Å². The van der Waals surface area contributed by atoms with Crippen molar-refractivity contribution in [1.82, 2.24) is 9.78 Å². The third-order valence-corrected chi connectivity index (χ3v) is 1.00. The highest BCUT2D eigenvalue weighted by Gasteiger charge is 2.04. The van der Waals surface area contributed by atoms with Crippen molar-refractivity contribution in [1.29, 1.82) is 5.26 Å². The molecular weight excluding hydrogens is 121 g/mol. The van der Waals surface area contributed by atoms with E-state index in [1.807, 2.05) is 0 Å². The first-order valence-corrected chi connectivity index (χ1v) is 2.33. The second-order valence-electron chi connectivity index (χ2n) is 1.58. The third kappa shape index (κ3) is 0.765. The molecule has 0 bridgehead atoms. The number of aryl methyl sites for hydroxylation is 1. The number of nitriles is 1. The number of halogens is 1. The summed E-state index contributed by atoms with van der Waals surface area (Å²) in [7, 11) is 1.52. The molecule has 0 saturated heterocycles. The van der Waals surface area contributed by atoms with Crippen LogP contribution in [0.2, 0.25) is 0 Å². The molecule has 0 aromatic carbocycles. The van der Waals surface area contributed by atoms with E-state index in [1.54, 1.807) is 6.07 Å². The quantitative estimate of drug-likeness (QED) is 0.504. The van der Waals surface area contributed by atoms with Gasteiger partial charge in [0.05, 0.1) is 6.20 Å². The number of hydrogen-bond acceptors (Lipinski definition) is 2. The van der Waals surface area contributed by atoms with E-state index in [0.717, 1.165) is 6.20 Å². The lowest BCUT2D eigenvalue weighted by Crippen LogP contribution is -1.93. The fourth-order valence-corrected chi connectivity index (χ4v) is 0.537. The fourth-order valence-electron chi connectivity index (χ4n) is 0.537. The molecule has 0 radical (unpaired) electrons. The molecule has 0 aliphatic carbocycles. The number of rotatable bonds is 0. The maximum atomic E-state index is 12.3. The molecule has 1 heterocycles. The van der Waals surface area contributed by atoms with Crippen molar-refractivity contribution in [2.24, 2.45) is 7.05 Å². The van der Waals surface area contributed by atoms with Crippen molar-refractivity contribution >= 4 is 0 Å². The summed E-state index contributed by atoms with van der Waals surface area (Å²) in [5.41, 5.74) is -0.0324. The lowest BCUT2D eigenvalue weighted by molar-refractivity contribution is 0.619. The van der Waals surface area contributed by atoms with E-state index in [2.05, 4.69) is 5.10 Å². The normalized spacial score (nSPS) is 9.00. The van der Waals surface area contributed by atoms with Crippen molar-refractivity contribution in [2.45, 2.75) is 0 Å². The van der Waals surface area contributed by atoms with Gasteiger partial charge in [0, 0.05) is 7.05 Å². The largest absolute Gasteiger partial charge is 0.255 e. The smallest absolute Gasteiger partial charge is 0.179 e. The van der Waals surface area contributed by atoms with E-state index < -0.39 is 5.82 Å². The number of aromatic nitrogens is 2. The van der Waals surface area contributed by atoms with Gasteiger partial charge in [-0.15, -0.1) is 0 Å². The Hall–Kier alpha value is -1.37. The van der Waals surface area contributed by atoms with Crippen LogP contribution in [0.3, 0.4) is 0 Å². The van der Waals surface area contributed by atoms with Crippen LogP contribution < -0.4 is 0 Å². The summed E-state index contributed by atoms with van der Waals surface area (Å²) in [6, 6.07) is 1.67. The van der Waals surface area contributed by atoms with Gasteiger partial charge in [0.2, 0.25) is 0 Å². The molecular formula is C5H4FN3. The minimum atomic E-state index is -0.569. The van der Waals surface area contributed by atoms with Crippen LogP contribution in [0.15, 0.2) is 6.20 Å². The van der Waals surface area contributed by atoms with E-state index in [9.17, 15) is 4.39 Å². The number of hydrogen-bond donors (Lipinski definition) is 0. The molecule has 0 spiro atoms. The highest BCUT2D eigenvalue weighted by Crippen LogP contribution is 2.00. The number of nitrogens with zero attached hydrogens (tertiary/aromatic N) is 3. The van der Waals surface area contributed by atoms with Gasteiger partial charge in [0.1, 0.15) is 6.07 Å². The molecule has 4 heteroatoms. The molecule has 0 aliphatic heterocycles. The second kappa shape index (κ2) is 1.86. The average Bonchev–Trinajstić information content (AvgIpc) is 2.12. The fraction of sp³-hybridized carbons (Fsp3) is 0.200. The van der Waals surface area contributed by atoms with Gasteiger partial charge in [0.15, 0.2) is 11.5 Å². The summed E-state index contributed by atoms with van der Waals surface area (Å²) in [5.74, 6) is -0.569. The first-order chi connectivity index (χ1) is 4.25. The van der Waals surface area contributed by atoms with Crippen molar-refractivity contribution in [2.75, 3.05) is 0 Å². The van der Waals surface area contributed by atoms with Crippen molar-refractivity contribution in [3.8, 4) is 6.07 Å². The predicted octanol–water partition coefficient (Wildman–Crippen LogP) is 0.431. The molecule has 0 atom stereocenters. The Morgan fingerprint density at radius 3 is 2.78 bits per heavy atom. The van der Waals surface area contributed by atoms with Gasteiger partial charge < -0.3 is 0 Å². The first-order valence-electron chi connectivity index (χ1n) is 2.33. The van der Waals surface area contributed by atoms with Gasteiger partial charge in [-0.25, -0.2) is 4.39 Å². The predicted molar refractivity (Wildman–Crippen MR) is 27.9 cm³/mol. The van der Waals surface area contributed by atoms with E-state index in [4.69, 9.17) is 5.26 Å². The van der Waals surface area contributed by atoms with Crippen LogP contribution in [0.4, 0.5) is 4.39 Å². The summed E-state index contributed by atoms with van der Waals surface area (Å²) in [5, 5.41) is 11.7. The van der Waals surface area contributed by atoms with E-state index in [1.165, 1.54) is 11.7 Å². The zero-order valence-electron chi connectivity index (χ0n) is 4.80. The lowest BCUT2D eigenvalue weighted by Gasteiger charge is -1.85. The zero-order valence-corrected chi connectivity index (χ0v) is 4.80. The van der Waals surface area contributed by atoms with Crippen LogP contribution in [0, 0.1) is 17.1 Å². The minimum absolute atomic E-state index is 0.0324. The van der Waals surface area contributed by atoms with Gasteiger partial charge in [-0.3, -0.25) is 4.68 Å². The highest BCUT2D eigenvalue weighted by molar-refractivity contribution is 5.19. The summed E-state index contributed by atoms with van der Waals surface area (Å²) < 4.78 is 13.5. The monoisotopic (exact) mass is 125 g/mol.